The Bertz CT molecular complexity index is 894. The monoisotopic (exact) mass is 434 g/mol. The molecule has 0 N–H and O–H groups in total. The lowest BCUT2D eigenvalue weighted by Gasteiger charge is -2.46. The third-order valence-electron chi connectivity index (χ3n) is 8.03. The standard InChI is InChI=1S/C25H34N6O/c32-22-9-7-8-20-19-14-18(15-21(20)22)16-31(17-19)25-27-23(29-10-3-1-4-11-29)26-24(28-25)30-12-5-2-6-13-30/h7-9,18-19,21H,1-6,10-17H2/t18-,19+,21-/m1/s1. The van der Waals surface area contributed by atoms with Gasteiger partial charge in [0.1, 0.15) is 0 Å². The van der Waals surface area contributed by atoms with Crippen molar-refractivity contribution in [2.24, 2.45) is 17.8 Å². The van der Waals surface area contributed by atoms with Crippen LogP contribution >= 0.6 is 0 Å². The van der Waals surface area contributed by atoms with Gasteiger partial charge in [0.15, 0.2) is 5.78 Å². The van der Waals surface area contributed by atoms with Gasteiger partial charge in [0.25, 0.3) is 0 Å². The minimum Gasteiger partial charge on any atom is -0.341 e. The second-order valence-electron chi connectivity index (χ2n) is 10.3. The molecule has 0 aromatic carbocycles. The van der Waals surface area contributed by atoms with Crippen LogP contribution < -0.4 is 14.7 Å². The number of anilines is 3. The Morgan fingerprint density at radius 1 is 0.719 bits per heavy atom. The largest absolute Gasteiger partial charge is 0.341 e. The molecule has 2 aliphatic carbocycles. The lowest BCUT2D eigenvalue weighted by atomic mass is 9.66. The molecule has 6 rings (SSSR count). The minimum atomic E-state index is 0.108. The molecule has 1 aromatic rings. The normalized spacial score (nSPS) is 30.2. The van der Waals surface area contributed by atoms with Crippen molar-refractivity contribution in [1.82, 2.24) is 15.0 Å². The highest BCUT2D eigenvalue weighted by atomic mass is 16.1. The first-order valence-electron chi connectivity index (χ1n) is 12.7. The molecule has 170 valence electrons. The van der Waals surface area contributed by atoms with Crippen LogP contribution in [0.5, 0.6) is 0 Å². The van der Waals surface area contributed by atoms with Gasteiger partial charge in [-0.1, -0.05) is 17.7 Å². The third kappa shape index (κ3) is 3.80. The summed E-state index contributed by atoms with van der Waals surface area (Å²) in [5.41, 5.74) is 1.33. The molecule has 3 atom stereocenters. The van der Waals surface area contributed by atoms with Crippen molar-refractivity contribution in [3.8, 4) is 0 Å². The van der Waals surface area contributed by atoms with Crippen LogP contribution in [-0.2, 0) is 4.79 Å². The summed E-state index contributed by atoms with van der Waals surface area (Å²) in [5.74, 6) is 3.92. The van der Waals surface area contributed by atoms with Gasteiger partial charge in [-0.25, -0.2) is 0 Å². The van der Waals surface area contributed by atoms with Crippen LogP contribution in [0.15, 0.2) is 23.8 Å². The number of carbonyl (C=O) groups excluding carboxylic acids is 1. The Labute approximate surface area is 190 Å². The Balaban J connectivity index is 1.31. The van der Waals surface area contributed by atoms with Crippen LogP contribution in [0.1, 0.15) is 51.4 Å². The van der Waals surface area contributed by atoms with E-state index >= 15 is 0 Å². The smallest absolute Gasteiger partial charge is 0.231 e. The quantitative estimate of drug-likeness (QED) is 0.722. The zero-order valence-electron chi connectivity index (χ0n) is 19.0. The molecule has 3 aliphatic heterocycles. The molecule has 0 unspecified atom stereocenters. The highest BCUT2D eigenvalue weighted by molar-refractivity contribution is 5.95. The van der Waals surface area contributed by atoms with Crippen molar-refractivity contribution in [1.29, 1.82) is 0 Å². The molecule has 4 heterocycles. The molecular weight excluding hydrogens is 400 g/mol. The first kappa shape index (κ1) is 20.2. The number of hydrogen-bond acceptors (Lipinski definition) is 7. The van der Waals surface area contributed by atoms with Crippen LogP contribution in [0.4, 0.5) is 17.8 Å². The van der Waals surface area contributed by atoms with Crippen LogP contribution in [0.3, 0.4) is 0 Å². The average Bonchev–Trinajstić information content (AvgIpc) is 2.85. The highest BCUT2D eigenvalue weighted by Gasteiger charge is 2.42. The maximum atomic E-state index is 12.5. The zero-order chi connectivity index (χ0) is 21.5. The lowest BCUT2D eigenvalue weighted by Crippen LogP contribution is -2.48. The van der Waals surface area contributed by atoms with Gasteiger partial charge in [-0.05, 0) is 69.3 Å². The SMILES string of the molecule is O=C1C=CC=C2[C@H]3C[C@H](C[C@@H]12)CN(c1nc(N2CCCCC2)nc(N2CCCCC2)n1)C3. The maximum absolute atomic E-state index is 12.5. The maximum Gasteiger partial charge on any atom is 0.231 e. The molecule has 4 fully saturated rings. The van der Waals surface area contributed by atoms with Crippen molar-refractivity contribution in [3.63, 3.8) is 0 Å². The predicted molar refractivity (Wildman–Crippen MR) is 126 cm³/mol. The van der Waals surface area contributed by atoms with Crippen molar-refractivity contribution in [2.75, 3.05) is 54.0 Å². The topological polar surface area (TPSA) is 65.5 Å². The number of aromatic nitrogens is 3. The molecule has 1 saturated carbocycles. The van der Waals surface area contributed by atoms with E-state index in [-0.39, 0.29) is 5.92 Å². The van der Waals surface area contributed by atoms with E-state index in [0.717, 1.165) is 63.5 Å². The van der Waals surface area contributed by atoms with E-state index in [2.05, 4.69) is 20.8 Å². The van der Waals surface area contributed by atoms with Crippen molar-refractivity contribution >= 4 is 23.6 Å². The zero-order valence-corrected chi connectivity index (χ0v) is 19.0. The van der Waals surface area contributed by atoms with Gasteiger partial charge in [-0.3, -0.25) is 4.79 Å². The average molecular weight is 435 g/mol. The molecule has 0 spiro atoms. The van der Waals surface area contributed by atoms with Gasteiger partial charge in [-0.15, -0.1) is 0 Å². The van der Waals surface area contributed by atoms with Crippen LogP contribution in [0, 0.1) is 17.8 Å². The fourth-order valence-electron chi connectivity index (χ4n) is 6.39. The van der Waals surface area contributed by atoms with E-state index in [9.17, 15) is 4.79 Å². The minimum absolute atomic E-state index is 0.108. The van der Waals surface area contributed by atoms with Gasteiger partial charge >= 0.3 is 0 Å². The molecule has 0 radical (unpaired) electrons. The second-order valence-corrected chi connectivity index (χ2v) is 10.3. The predicted octanol–water partition coefficient (Wildman–Crippen LogP) is 3.38. The Kier molecular flexibility index (Phi) is 5.35. The van der Waals surface area contributed by atoms with E-state index < -0.39 is 0 Å². The molecule has 2 bridgehead atoms. The summed E-state index contributed by atoms with van der Waals surface area (Å²) in [4.78, 5) is 34.6. The van der Waals surface area contributed by atoms with Gasteiger partial charge in [0, 0.05) is 45.2 Å². The summed E-state index contributed by atoms with van der Waals surface area (Å²) in [7, 11) is 0. The van der Waals surface area contributed by atoms with E-state index in [0.29, 0.717) is 17.6 Å². The summed E-state index contributed by atoms with van der Waals surface area (Å²) < 4.78 is 0. The molecule has 0 amide bonds. The number of hydrogen-bond donors (Lipinski definition) is 0. The fraction of sp³-hybridized carbons (Fsp3) is 0.680. The summed E-state index contributed by atoms with van der Waals surface area (Å²) in [6, 6.07) is 0. The van der Waals surface area contributed by atoms with Gasteiger partial charge in [0.05, 0.1) is 0 Å². The number of nitrogens with zero attached hydrogens (tertiary/aromatic N) is 6. The molecular formula is C25H34N6O. The summed E-state index contributed by atoms with van der Waals surface area (Å²) in [5, 5.41) is 0. The number of allylic oxidation sites excluding steroid dienone is 3. The van der Waals surface area contributed by atoms with E-state index in [1.54, 1.807) is 6.08 Å². The van der Waals surface area contributed by atoms with E-state index in [1.165, 1.54) is 50.5 Å². The number of rotatable bonds is 3. The third-order valence-corrected chi connectivity index (χ3v) is 8.03. The first-order chi connectivity index (χ1) is 15.7. The summed E-state index contributed by atoms with van der Waals surface area (Å²) >= 11 is 0. The highest BCUT2D eigenvalue weighted by Crippen LogP contribution is 2.44. The van der Waals surface area contributed by atoms with E-state index in [1.807, 2.05) is 6.08 Å². The first-order valence-corrected chi connectivity index (χ1v) is 12.7. The van der Waals surface area contributed by atoms with Gasteiger partial charge < -0.3 is 14.7 Å². The van der Waals surface area contributed by atoms with Crippen LogP contribution in [-0.4, -0.2) is 60.0 Å². The molecule has 3 saturated heterocycles. The number of fused-ring (bicyclic) bond motifs is 4. The summed E-state index contributed by atoms with van der Waals surface area (Å²) in [6.07, 6.45) is 15.5. The second kappa shape index (κ2) is 8.49. The Hall–Kier alpha value is -2.44. The summed E-state index contributed by atoms with van der Waals surface area (Å²) in [6.45, 7) is 6.01. The molecule has 5 aliphatic rings. The van der Waals surface area contributed by atoms with Gasteiger partial charge in [0.2, 0.25) is 17.8 Å². The molecule has 32 heavy (non-hydrogen) atoms. The number of carbonyl (C=O) groups is 1. The van der Waals surface area contributed by atoms with Crippen molar-refractivity contribution in [2.45, 2.75) is 51.4 Å². The fourth-order valence-corrected chi connectivity index (χ4v) is 6.39. The van der Waals surface area contributed by atoms with Crippen molar-refractivity contribution < 1.29 is 4.79 Å². The number of ketones is 1. The van der Waals surface area contributed by atoms with Crippen LogP contribution in [0.2, 0.25) is 0 Å². The molecule has 1 aromatic heterocycles. The van der Waals surface area contributed by atoms with E-state index in [4.69, 9.17) is 15.0 Å². The molecule has 7 heteroatoms. The lowest BCUT2D eigenvalue weighted by molar-refractivity contribution is -0.118. The number of piperidine rings is 3. The van der Waals surface area contributed by atoms with Crippen molar-refractivity contribution in [3.05, 3.63) is 23.8 Å². The Morgan fingerprint density at radius 3 is 1.94 bits per heavy atom. The molecule has 7 nitrogen and oxygen atoms in total. The Morgan fingerprint density at radius 2 is 1.31 bits per heavy atom. The van der Waals surface area contributed by atoms with Gasteiger partial charge in [-0.2, -0.15) is 15.0 Å². The van der Waals surface area contributed by atoms with Crippen LogP contribution in [0.25, 0.3) is 0 Å².